The maximum absolute atomic E-state index is 10.7. The van der Waals surface area contributed by atoms with Crippen LogP contribution in [0.1, 0.15) is 13.3 Å². The lowest BCUT2D eigenvalue weighted by Gasteiger charge is -2.28. The molecule has 0 aromatic rings. The van der Waals surface area contributed by atoms with E-state index in [1.807, 2.05) is 21.1 Å². The second-order valence-electron chi connectivity index (χ2n) is 4.28. The Kier molecular flexibility index (Phi) is 4.56. The lowest BCUT2D eigenvalue weighted by Crippen LogP contribution is -2.45. The van der Waals surface area contributed by atoms with Crippen LogP contribution < -0.4 is 5.11 Å². The van der Waals surface area contributed by atoms with Crippen LogP contribution in [0.4, 0.5) is 0 Å². The summed E-state index contributed by atoms with van der Waals surface area (Å²) in [6, 6.07) is 0. The van der Waals surface area contributed by atoms with E-state index in [9.17, 15) is 14.7 Å². The first kappa shape index (κ1) is 12.9. The number of rotatable bonds is 5. The smallest absolute Gasteiger partial charge is 0.303 e. The van der Waals surface area contributed by atoms with Crippen molar-refractivity contribution in [2.75, 3.05) is 27.7 Å². The van der Waals surface area contributed by atoms with Gasteiger partial charge in [0.15, 0.2) is 6.10 Å². The normalized spacial score (nSPS) is 13.4. The minimum atomic E-state index is -1.20. The van der Waals surface area contributed by atoms with E-state index in [2.05, 4.69) is 0 Å². The molecule has 0 amide bonds. The van der Waals surface area contributed by atoms with Crippen molar-refractivity contribution in [1.82, 2.24) is 0 Å². The van der Waals surface area contributed by atoms with Crippen molar-refractivity contribution in [3.63, 3.8) is 0 Å². The minimum absolute atomic E-state index is 0.255. The van der Waals surface area contributed by atoms with Crippen LogP contribution in [0, 0.1) is 0 Å². The predicted octanol–water partition coefficient (Wildman–Crippen LogP) is -1.24. The van der Waals surface area contributed by atoms with E-state index in [1.165, 1.54) is 6.92 Å². The van der Waals surface area contributed by atoms with Gasteiger partial charge in [0.05, 0.1) is 21.1 Å². The molecule has 0 N–H and O–H groups in total. The molecule has 0 aromatic carbocycles. The molecule has 0 bridgehead atoms. The van der Waals surface area contributed by atoms with Gasteiger partial charge in [0.2, 0.25) is 0 Å². The van der Waals surface area contributed by atoms with E-state index in [0.717, 1.165) is 0 Å². The molecule has 0 rings (SSSR count). The number of carbonyl (C=O) groups excluding carboxylic acids is 2. The molecule has 0 fully saturated rings. The van der Waals surface area contributed by atoms with Gasteiger partial charge in [-0.15, -0.1) is 0 Å². The molecule has 0 aromatic heterocycles. The number of esters is 1. The van der Waals surface area contributed by atoms with Crippen molar-refractivity contribution >= 4 is 11.9 Å². The second-order valence-corrected chi connectivity index (χ2v) is 4.28. The Hall–Kier alpha value is -1.10. The topological polar surface area (TPSA) is 66.4 Å². The third-order valence-corrected chi connectivity index (χ3v) is 1.48. The van der Waals surface area contributed by atoms with E-state index < -0.39 is 18.0 Å². The molecule has 0 heterocycles. The fourth-order valence-corrected chi connectivity index (χ4v) is 1.17. The highest BCUT2D eigenvalue weighted by Gasteiger charge is 2.20. The van der Waals surface area contributed by atoms with Crippen molar-refractivity contribution in [2.45, 2.75) is 19.4 Å². The van der Waals surface area contributed by atoms with Gasteiger partial charge in [-0.25, -0.2) is 0 Å². The van der Waals surface area contributed by atoms with E-state index in [0.29, 0.717) is 11.0 Å². The van der Waals surface area contributed by atoms with Crippen LogP contribution in [0.5, 0.6) is 0 Å². The molecule has 0 saturated carbocycles. The van der Waals surface area contributed by atoms with Gasteiger partial charge >= 0.3 is 5.97 Å². The molecule has 0 spiro atoms. The summed E-state index contributed by atoms with van der Waals surface area (Å²) in [7, 11) is 5.68. The van der Waals surface area contributed by atoms with Crippen molar-refractivity contribution in [3.05, 3.63) is 0 Å². The number of aliphatic carboxylic acids is 1. The largest absolute Gasteiger partial charge is 0.550 e. The first-order valence-electron chi connectivity index (χ1n) is 4.38. The summed E-state index contributed by atoms with van der Waals surface area (Å²) in [5.41, 5.74) is 0. The predicted molar refractivity (Wildman–Crippen MR) is 48.1 cm³/mol. The van der Waals surface area contributed by atoms with Gasteiger partial charge in [0.25, 0.3) is 0 Å². The third-order valence-electron chi connectivity index (χ3n) is 1.48. The summed E-state index contributed by atoms with van der Waals surface area (Å²) in [5.74, 6) is -1.67. The lowest BCUT2D eigenvalue weighted by atomic mass is 10.2. The number of quaternary nitrogens is 1. The van der Waals surface area contributed by atoms with Gasteiger partial charge in [0, 0.05) is 19.3 Å². The summed E-state index contributed by atoms with van der Waals surface area (Å²) in [4.78, 5) is 21.0. The monoisotopic (exact) mass is 204 g/mol. The van der Waals surface area contributed by atoms with E-state index in [1.54, 1.807) is 0 Å². The summed E-state index contributed by atoms with van der Waals surface area (Å²) < 4.78 is 5.39. The quantitative estimate of drug-likeness (QED) is 0.319. The Bertz CT molecular complexity index is 203. The van der Waals surface area contributed by atoms with E-state index in [-0.39, 0.29) is 6.42 Å². The van der Waals surface area contributed by atoms with Crippen LogP contribution in [0.25, 0.3) is 0 Å². The van der Waals surface area contributed by atoms with E-state index in [4.69, 9.17) is 4.74 Å². The molecule has 0 aliphatic heterocycles. The Morgan fingerprint density at radius 2 is 1.86 bits per heavy atom. The van der Waals surface area contributed by atoms with Crippen molar-refractivity contribution in [3.8, 4) is 0 Å². The first-order chi connectivity index (χ1) is 6.20. The molecule has 0 aliphatic rings. The van der Waals surface area contributed by atoms with Crippen LogP contribution in [-0.4, -0.2) is 50.2 Å². The number of hydrogen-bond donors (Lipinski definition) is 0. The molecular formula is C9H17NO4. The Morgan fingerprint density at radius 1 is 1.36 bits per heavy atom. The Morgan fingerprint density at radius 3 is 2.14 bits per heavy atom. The molecule has 1 unspecified atom stereocenters. The van der Waals surface area contributed by atoms with Gasteiger partial charge in [-0.2, -0.15) is 0 Å². The fourth-order valence-electron chi connectivity index (χ4n) is 1.17. The maximum atomic E-state index is 10.7. The molecule has 0 saturated heterocycles. The average Bonchev–Trinajstić information content (AvgIpc) is 1.77. The maximum Gasteiger partial charge on any atom is 0.303 e. The first-order valence-corrected chi connectivity index (χ1v) is 4.38. The molecule has 14 heavy (non-hydrogen) atoms. The minimum Gasteiger partial charge on any atom is -0.550 e. The summed E-state index contributed by atoms with van der Waals surface area (Å²) >= 11 is 0. The zero-order valence-corrected chi connectivity index (χ0v) is 9.07. The van der Waals surface area contributed by atoms with Crippen LogP contribution in [-0.2, 0) is 14.3 Å². The highest BCUT2D eigenvalue weighted by Crippen LogP contribution is 2.04. The molecule has 82 valence electrons. The second kappa shape index (κ2) is 4.95. The number of ether oxygens (including phenoxy) is 1. The van der Waals surface area contributed by atoms with Crippen LogP contribution >= 0.6 is 0 Å². The Labute approximate surface area is 83.9 Å². The standard InChI is InChI=1S/C9H17NO4/c1-7(11)14-8(5-9(12)13)6-10(2,3)4/h8H,5-6H2,1-4H3/i7+1. The summed E-state index contributed by atoms with van der Waals surface area (Å²) in [5, 5.41) is 10.4. The van der Waals surface area contributed by atoms with Crippen LogP contribution in [0.15, 0.2) is 0 Å². The van der Waals surface area contributed by atoms with Crippen molar-refractivity contribution in [1.29, 1.82) is 0 Å². The van der Waals surface area contributed by atoms with Crippen LogP contribution in [0.2, 0.25) is 0 Å². The number of likely N-dealkylation sites (N-methyl/N-ethyl adjacent to an activating group) is 1. The van der Waals surface area contributed by atoms with Gasteiger partial charge in [-0.1, -0.05) is 0 Å². The fraction of sp³-hybridized carbons (Fsp3) is 0.778. The third kappa shape index (κ3) is 7.54. The Balaban J connectivity index is 4.24. The zero-order valence-electron chi connectivity index (χ0n) is 9.07. The zero-order chi connectivity index (χ0) is 11.4. The molecular weight excluding hydrogens is 187 g/mol. The number of nitrogens with zero attached hydrogens (tertiary/aromatic N) is 1. The van der Waals surface area contributed by atoms with Crippen LogP contribution in [0.3, 0.4) is 0 Å². The molecule has 5 nitrogen and oxygen atoms in total. The summed E-state index contributed by atoms with van der Waals surface area (Å²) in [6.07, 6.45) is -0.868. The molecule has 1 atom stereocenters. The summed E-state index contributed by atoms with van der Waals surface area (Å²) in [6.45, 7) is 1.71. The molecule has 5 heteroatoms. The average molecular weight is 204 g/mol. The number of carbonyl (C=O) groups is 2. The molecule has 0 aliphatic carbocycles. The highest BCUT2D eigenvalue weighted by atomic mass is 16.6. The van der Waals surface area contributed by atoms with Gasteiger partial charge in [-0.05, 0) is 0 Å². The van der Waals surface area contributed by atoms with E-state index >= 15 is 0 Å². The number of carboxylic acids is 1. The van der Waals surface area contributed by atoms with Gasteiger partial charge in [-0.3, -0.25) is 4.79 Å². The highest BCUT2D eigenvalue weighted by molar-refractivity contribution is 5.68. The molecule has 0 radical (unpaired) electrons. The van der Waals surface area contributed by atoms with Gasteiger partial charge < -0.3 is 19.1 Å². The van der Waals surface area contributed by atoms with Crippen molar-refractivity contribution in [2.24, 2.45) is 0 Å². The van der Waals surface area contributed by atoms with Crippen molar-refractivity contribution < 1.29 is 23.9 Å². The number of carboxylic acid groups (broad SMARTS) is 1. The number of hydrogen-bond acceptors (Lipinski definition) is 4. The lowest BCUT2D eigenvalue weighted by molar-refractivity contribution is -0.873. The van der Waals surface area contributed by atoms with Gasteiger partial charge in [0.1, 0.15) is 6.54 Å². The SMILES string of the molecule is C[13C](=O)OC(CC(=O)[O-])C[N+](C)(C)C.